The van der Waals surface area contributed by atoms with E-state index in [2.05, 4.69) is 21.2 Å². The Balaban J connectivity index is 3.02. The number of benzene rings is 1. The van der Waals surface area contributed by atoms with Gasteiger partial charge in [-0.3, -0.25) is 4.79 Å². The van der Waals surface area contributed by atoms with Crippen molar-refractivity contribution >= 4 is 27.5 Å². The third kappa shape index (κ3) is 4.89. The lowest BCUT2D eigenvalue weighted by molar-refractivity contribution is -0.119. The summed E-state index contributed by atoms with van der Waals surface area (Å²) in [4.78, 5) is 12.1. The SMILES string of the molecule is CCOc1cc(Br)c(NC(=O)C(C)C(C)N)cc1OCC. The molecule has 21 heavy (non-hydrogen) atoms. The van der Waals surface area contributed by atoms with Crippen molar-refractivity contribution in [3.63, 3.8) is 0 Å². The van der Waals surface area contributed by atoms with Crippen LogP contribution in [0.3, 0.4) is 0 Å². The van der Waals surface area contributed by atoms with Gasteiger partial charge in [0.05, 0.1) is 24.8 Å². The summed E-state index contributed by atoms with van der Waals surface area (Å²) >= 11 is 3.44. The predicted octanol–water partition coefficient (Wildman–Crippen LogP) is 3.17. The maximum atomic E-state index is 12.1. The summed E-state index contributed by atoms with van der Waals surface area (Å²) in [7, 11) is 0. The summed E-state index contributed by atoms with van der Waals surface area (Å²) in [5.41, 5.74) is 6.39. The number of anilines is 1. The Hall–Kier alpha value is -1.27. The van der Waals surface area contributed by atoms with E-state index in [1.165, 1.54) is 0 Å². The number of hydrogen-bond donors (Lipinski definition) is 2. The van der Waals surface area contributed by atoms with Gasteiger partial charge in [0.1, 0.15) is 0 Å². The highest BCUT2D eigenvalue weighted by Crippen LogP contribution is 2.37. The molecule has 1 aromatic rings. The van der Waals surface area contributed by atoms with E-state index in [0.717, 1.165) is 4.47 Å². The van der Waals surface area contributed by atoms with Crippen LogP contribution in [0.5, 0.6) is 11.5 Å². The molecule has 0 fully saturated rings. The standard InChI is InChI=1S/C15H23BrN2O3/c1-5-20-13-7-11(16)12(8-14(13)21-6-2)18-15(19)9(3)10(4)17/h7-10H,5-6,17H2,1-4H3,(H,18,19). The van der Waals surface area contributed by atoms with Gasteiger partial charge in [-0.05, 0) is 36.7 Å². The highest BCUT2D eigenvalue weighted by Gasteiger charge is 2.19. The number of nitrogens with two attached hydrogens (primary N) is 1. The van der Waals surface area contributed by atoms with E-state index in [0.29, 0.717) is 30.4 Å². The molecular weight excluding hydrogens is 336 g/mol. The number of hydrogen-bond acceptors (Lipinski definition) is 4. The van der Waals surface area contributed by atoms with Gasteiger partial charge in [-0.1, -0.05) is 6.92 Å². The molecule has 0 spiro atoms. The summed E-state index contributed by atoms with van der Waals surface area (Å²) in [5.74, 6) is 0.840. The van der Waals surface area contributed by atoms with Crippen LogP contribution in [0, 0.1) is 5.92 Å². The second-order valence-corrected chi connectivity index (χ2v) is 5.64. The molecule has 5 nitrogen and oxygen atoms in total. The van der Waals surface area contributed by atoms with Gasteiger partial charge in [-0.25, -0.2) is 0 Å². The molecule has 0 aliphatic carbocycles. The molecule has 0 bridgehead atoms. The van der Waals surface area contributed by atoms with Crippen LogP contribution in [0.15, 0.2) is 16.6 Å². The Morgan fingerprint density at radius 2 is 1.76 bits per heavy atom. The number of carbonyl (C=O) groups excluding carboxylic acids is 1. The van der Waals surface area contributed by atoms with E-state index in [1.807, 2.05) is 20.8 Å². The first-order valence-corrected chi connectivity index (χ1v) is 7.85. The van der Waals surface area contributed by atoms with Gasteiger partial charge in [0.25, 0.3) is 0 Å². The van der Waals surface area contributed by atoms with Gasteiger partial charge < -0.3 is 20.5 Å². The zero-order chi connectivity index (χ0) is 16.0. The van der Waals surface area contributed by atoms with E-state index >= 15 is 0 Å². The number of nitrogens with one attached hydrogen (secondary N) is 1. The van der Waals surface area contributed by atoms with Gasteiger partial charge in [0, 0.05) is 22.6 Å². The van der Waals surface area contributed by atoms with Crippen molar-refractivity contribution in [3.8, 4) is 11.5 Å². The Labute approximate surface area is 134 Å². The lowest BCUT2D eigenvalue weighted by Crippen LogP contribution is -2.34. The van der Waals surface area contributed by atoms with Crippen molar-refractivity contribution in [1.29, 1.82) is 0 Å². The van der Waals surface area contributed by atoms with Gasteiger partial charge in [-0.2, -0.15) is 0 Å². The lowest BCUT2D eigenvalue weighted by Gasteiger charge is -2.18. The van der Waals surface area contributed by atoms with Crippen molar-refractivity contribution in [2.75, 3.05) is 18.5 Å². The molecule has 2 atom stereocenters. The highest BCUT2D eigenvalue weighted by atomic mass is 79.9. The van der Waals surface area contributed by atoms with Crippen LogP contribution < -0.4 is 20.5 Å². The molecule has 0 radical (unpaired) electrons. The predicted molar refractivity (Wildman–Crippen MR) is 87.9 cm³/mol. The summed E-state index contributed by atoms with van der Waals surface area (Å²) in [6.07, 6.45) is 0. The molecule has 3 N–H and O–H groups in total. The van der Waals surface area contributed by atoms with E-state index in [4.69, 9.17) is 15.2 Å². The maximum Gasteiger partial charge on any atom is 0.228 e. The summed E-state index contributed by atoms with van der Waals surface area (Å²) < 4.78 is 11.8. The van der Waals surface area contributed by atoms with Crippen molar-refractivity contribution in [2.45, 2.75) is 33.7 Å². The molecule has 6 heteroatoms. The molecule has 0 heterocycles. The summed E-state index contributed by atoms with van der Waals surface area (Å²) in [5, 5.41) is 2.86. The Morgan fingerprint density at radius 3 is 2.24 bits per heavy atom. The number of rotatable bonds is 7. The minimum Gasteiger partial charge on any atom is -0.490 e. The molecular formula is C15H23BrN2O3. The minimum atomic E-state index is -0.279. The normalized spacial score (nSPS) is 13.4. The first-order chi connectivity index (χ1) is 9.90. The molecule has 118 valence electrons. The lowest BCUT2D eigenvalue weighted by atomic mass is 10.0. The fourth-order valence-electron chi connectivity index (χ4n) is 1.65. The molecule has 0 aliphatic rings. The van der Waals surface area contributed by atoms with Gasteiger partial charge in [0.15, 0.2) is 11.5 Å². The second-order valence-electron chi connectivity index (χ2n) is 4.78. The molecule has 2 unspecified atom stereocenters. The van der Waals surface area contributed by atoms with Gasteiger partial charge in [0.2, 0.25) is 5.91 Å². The van der Waals surface area contributed by atoms with Gasteiger partial charge >= 0.3 is 0 Å². The van der Waals surface area contributed by atoms with E-state index < -0.39 is 0 Å². The average molecular weight is 359 g/mol. The third-order valence-electron chi connectivity index (χ3n) is 3.09. The number of halogens is 1. The van der Waals surface area contributed by atoms with Crippen LogP contribution in [0.4, 0.5) is 5.69 Å². The summed E-state index contributed by atoms with van der Waals surface area (Å²) in [6, 6.07) is 3.34. The largest absolute Gasteiger partial charge is 0.490 e. The Kier molecular flexibility index (Phi) is 6.98. The van der Waals surface area contributed by atoms with E-state index in [-0.39, 0.29) is 17.9 Å². The van der Waals surface area contributed by atoms with Crippen LogP contribution in [-0.4, -0.2) is 25.2 Å². The van der Waals surface area contributed by atoms with Crippen LogP contribution in [0.25, 0.3) is 0 Å². The molecule has 0 aliphatic heterocycles. The smallest absolute Gasteiger partial charge is 0.228 e. The molecule has 1 aromatic carbocycles. The average Bonchev–Trinajstić information content (AvgIpc) is 2.43. The maximum absolute atomic E-state index is 12.1. The topological polar surface area (TPSA) is 73.6 Å². The first-order valence-electron chi connectivity index (χ1n) is 7.06. The van der Waals surface area contributed by atoms with Crippen LogP contribution in [-0.2, 0) is 4.79 Å². The molecule has 0 saturated carbocycles. The van der Waals surface area contributed by atoms with E-state index in [9.17, 15) is 4.79 Å². The van der Waals surface area contributed by atoms with E-state index in [1.54, 1.807) is 19.1 Å². The fraction of sp³-hybridized carbons (Fsp3) is 0.533. The molecule has 0 saturated heterocycles. The summed E-state index contributed by atoms with van der Waals surface area (Å²) in [6.45, 7) is 8.47. The van der Waals surface area contributed by atoms with Crippen molar-refractivity contribution in [1.82, 2.24) is 0 Å². The zero-order valence-electron chi connectivity index (χ0n) is 12.9. The van der Waals surface area contributed by atoms with Gasteiger partial charge in [-0.15, -0.1) is 0 Å². The quantitative estimate of drug-likeness (QED) is 0.784. The number of amides is 1. The Bertz CT molecular complexity index is 492. The second kappa shape index (κ2) is 8.24. The van der Waals surface area contributed by atoms with Crippen molar-refractivity contribution in [2.24, 2.45) is 11.7 Å². The first kappa shape index (κ1) is 17.8. The Morgan fingerprint density at radius 1 is 1.24 bits per heavy atom. The number of carbonyl (C=O) groups is 1. The van der Waals surface area contributed by atoms with Crippen LogP contribution in [0.2, 0.25) is 0 Å². The minimum absolute atomic E-state index is 0.127. The number of ether oxygens (including phenoxy) is 2. The molecule has 1 rings (SSSR count). The van der Waals surface area contributed by atoms with Crippen LogP contribution in [0.1, 0.15) is 27.7 Å². The van der Waals surface area contributed by atoms with Crippen molar-refractivity contribution in [3.05, 3.63) is 16.6 Å². The zero-order valence-corrected chi connectivity index (χ0v) is 14.5. The van der Waals surface area contributed by atoms with Crippen molar-refractivity contribution < 1.29 is 14.3 Å². The fourth-order valence-corrected chi connectivity index (χ4v) is 2.07. The van der Waals surface area contributed by atoms with Crippen LogP contribution >= 0.6 is 15.9 Å². The monoisotopic (exact) mass is 358 g/mol. The highest BCUT2D eigenvalue weighted by molar-refractivity contribution is 9.10. The molecule has 0 aromatic heterocycles. The third-order valence-corrected chi connectivity index (χ3v) is 3.75. The molecule has 1 amide bonds.